The van der Waals surface area contributed by atoms with Gasteiger partial charge in [-0.1, -0.05) is 13.3 Å². The van der Waals surface area contributed by atoms with Crippen LogP contribution in [0.2, 0.25) is 0 Å². The minimum absolute atomic E-state index is 1.02. The van der Waals surface area contributed by atoms with Crippen LogP contribution in [-0.2, 0) is 6.42 Å². The molecule has 0 atom stereocenters. The highest BCUT2D eigenvalue weighted by molar-refractivity contribution is 5.41. The zero-order valence-electron chi connectivity index (χ0n) is 9.96. The molecular formula is C13H22NO+. The van der Waals surface area contributed by atoms with Crippen molar-refractivity contribution in [2.75, 3.05) is 20.1 Å². The van der Waals surface area contributed by atoms with Crippen molar-refractivity contribution >= 4 is 5.88 Å². The van der Waals surface area contributed by atoms with Gasteiger partial charge in [-0.3, -0.25) is 4.48 Å². The Hall–Kier alpha value is -0.760. The molecule has 0 bridgehead atoms. The number of unbranched alkanes of at least 4 members (excludes halogenated alkanes) is 1. The largest absolute Gasteiger partial charge is 0.420 e. The van der Waals surface area contributed by atoms with Crippen molar-refractivity contribution in [1.29, 1.82) is 0 Å². The third-order valence-corrected chi connectivity index (χ3v) is 3.57. The second-order valence-corrected chi connectivity index (χ2v) is 4.90. The molecule has 2 rings (SSSR count). The Kier molecular flexibility index (Phi) is 3.15. The van der Waals surface area contributed by atoms with Crippen LogP contribution < -0.4 is 4.48 Å². The molecule has 1 aromatic heterocycles. The van der Waals surface area contributed by atoms with Crippen LogP contribution in [0, 0.1) is 0 Å². The first-order chi connectivity index (χ1) is 7.26. The Morgan fingerprint density at radius 3 is 2.73 bits per heavy atom. The average molecular weight is 208 g/mol. The number of rotatable bonds is 4. The van der Waals surface area contributed by atoms with E-state index >= 15 is 0 Å². The number of hydrogen-bond donors (Lipinski definition) is 0. The smallest absolute Gasteiger partial charge is 0.299 e. The van der Waals surface area contributed by atoms with Crippen molar-refractivity contribution in [2.24, 2.45) is 0 Å². The van der Waals surface area contributed by atoms with Gasteiger partial charge in [0.15, 0.2) is 0 Å². The third-order valence-electron chi connectivity index (χ3n) is 3.57. The van der Waals surface area contributed by atoms with E-state index < -0.39 is 0 Å². The minimum atomic E-state index is 1.02. The van der Waals surface area contributed by atoms with Gasteiger partial charge in [0.25, 0.3) is 5.88 Å². The van der Waals surface area contributed by atoms with Gasteiger partial charge in [0.2, 0.25) is 0 Å². The Bertz CT molecular complexity index is 310. The molecule has 0 amide bonds. The summed E-state index contributed by atoms with van der Waals surface area (Å²) < 4.78 is 6.74. The Balaban J connectivity index is 2.16. The van der Waals surface area contributed by atoms with E-state index in [0.29, 0.717) is 0 Å². The van der Waals surface area contributed by atoms with Gasteiger partial charge in [-0.25, -0.2) is 0 Å². The number of aryl methyl sites for hydroxylation is 1. The zero-order chi connectivity index (χ0) is 10.7. The van der Waals surface area contributed by atoms with Crippen LogP contribution in [0.15, 0.2) is 16.7 Å². The monoisotopic (exact) mass is 208 g/mol. The SMILES string of the molecule is CCCCc1ccoc1[N+]1(C)CCCC1. The van der Waals surface area contributed by atoms with E-state index in [0.717, 1.165) is 4.48 Å². The van der Waals surface area contributed by atoms with Crippen LogP contribution in [0.1, 0.15) is 38.2 Å². The van der Waals surface area contributed by atoms with E-state index in [1.807, 2.05) is 6.26 Å². The Morgan fingerprint density at radius 2 is 2.07 bits per heavy atom. The van der Waals surface area contributed by atoms with Crippen molar-refractivity contribution in [3.05, 3.63) is 17.9 Å². The molecule has 0 N–H and O–H groups in total. The standard InChI is InChI=1S/C13H22NO/c1-3-4-7-12-8-11-15-13(12)14(2)9-5-6-10-14/h8,11H,3-7,9-10H2,1-2H3/q+1. The quantitative estimate of drug-likeness (QED) is 0.692. The lowest BCUT2D eigenvalue weighted by Gasteiger charge is -2.26. The van der Waals surface area contributed by atoms with E-state index in [2.05, 4.69) is 20.0 Å². The number of quaternary nitrogens is 1. The maximum absolute atomic E-state index is 5.72. The highest BCUT2D eigenvalue weighted by atomic mass is 16.4. The van der Waals surface area contributed by atoms with Crippen molar-refractivity contribution in [1.82, 2.24) is 4.48 Å². The second kappa shape index (κ2) is 4.40. The van der Waals surface area contributed by atoms with E-state index in [1.165, 1.54) is 56.6 Å². The lowest BCUT2D eigenvalue weighted by Crippen LogP contribution is -2.41. The fourth-order valence-corrected chi connectivity index (χ4v) is 2.60. The molecule has 0 aromatic carbocycles. The van der Waals surface area contributed by atoms with Crippen LogP contribution >= 0.6 is 0 Å². The number of hydrogen-bond acceptors (Lipinski definition) is 1. The highest BCUT2D eigenvalue weighted by Crippen LogP contribution is 2.32. The van der Waals surface area contributed by atoms with Gasteiger partial charge < -0.3 is 4.42 Å². The van der Waals surface area contributed by atoms with E-state index in [1.54, 1.807) is 0 Å². The lowest BCUT2D eigenvalue weighted by molar-refractivity contribution is 0.327. The van der Waals surface area contributed by atoms with Crippen LogP contribution in [0.5, 0.6) is 0 Å². The molecule has 0 aliphatic carbocycles. The highest BCUT2D eigenvalue weighted by Gasteiger charge is 2.34. The van der Waals surface area contributed by atoms with Crippen molar-refractivity contribution in [3.8, 4) is 0 Å². The molecular weight excluding hydrogens is 186 g/mol. The first kappa shape index (κ1) is 10.7. The topological polar surface area (TPSA) is 13.1 Å². The van der Waals surface area contributed by atoms with Crippen molar-refractivity contribution < 1.29 is 4.42 Å². The molecule has 1 aliphatic rings. The van der Waals surface area contributed by atoms with Gasteiger partial charge in [-0.2, -0.15) is 0 Å². The van der Waals surface area contributed by atoms with Crippen LogP contribution in [0.25, 0.3) is 0 Å². The van der Waals surface area contributed by atoms with Gasteiger partial charge in [-0.15, -0.1) is 0 Å². The third kappa shape index (κ3) is 2.10. The summed E-state index contributed by atoms with van der Waals surface area (Å²) >= 11 is 0. The minimum Gasteiger partial charge on any atom is -0.420 e. The molecule has 1 saturated heterocycles. The summed E-state index contributed by atoms with van der Waals surface area (Å²) in [6.45, 7) is 4.73. The molecule has 84 valence electrons. The predicted octanol–water partition coefficient (Wildman–Crippen LogP) is 3.35. The molecule has 15 heavy (non-hydrogen) atoms. The molecule has 2 heteroatoms. The first-order valence-electron chi connectivity index (χ1n) is 6.18. The molecule has 1 fully saturated rings. The van der Waals surface area contributed by atoms with Crippen LogP contribution in [0.3, 0.4) is 0 Å². The fourth-order valence-electron chi connectivity index (χ4n) is 2.60. The van der Waals surface area contributed by atoms with Gasteiger partial charge in [0, 0.05) is 12.8 Å². The first-order valence-corrected chi connectivity index (χ1v) is 6.18. The molecule has 0 spiro atoms. The summed E-state index contributed by atoms with van der Waals surface area (Å²) in [6.07, 6.45) is 8.24. The van der Waals surface area contributed by atoms with Gasteiger partial charge in [-0.05, 0) is 18.9 Å². The molecule has 1 aromatic rings. The summed E-state index contributed by atoms with van der Waals surface area (Å²) in [7, 11) is 2.31. The molecule has 2 heterocycles. The zero-order valence-corrected chi connectivity index (χ0v) is 9.96. The predicted molar refractivity (Wildman–Crippen MR) is 64.0 cm³/mol. The van der Waals surface area contributed by atoms with Crippen molar-refractivity contribution in [3.63, 3.8) is 0 Å². The van der Waals surface area contributed by atoms with E-state index in [-0.39, 0.29) is 0 Å². The normalized spacial score (nSPS) is 19.6. The lowest BCUT2D eigenvalue weighted by atomic mass is 10.1. The molecule has 1 aliphatic heterocycles. The second-order valence-electron chi connectivity index (χ2n) is 4.90. The number of nitrogens with zero attached hydrogens (tertiary/aromatic N) is 1. The number of furan rings is 1. The molecule has 2 nitrogen and oxygen atoms in total. The summed E-state index contributed by atoms with van der Waals surface area (Å²) in [4.78, 5) is 0. The summed E-state index contributed by atoms with van der Waals surface area (Å²) in [5.41, 5.74) is 1.43. The fraction of sp³-hybridized carbons (Fsp3) is 0.692. The summed E-state index contributed by atoms with van der Waals surface area (Å²) in [6, 6.07) is 2.16. The van der Waals surface area contributed by atoms with Crippen molar-refractivity contribution in [2.45, 2.75) is 39.0 Å². The average Bonchev–Trinajstić information content (AvgIpc) is 2.84. The van der Waals surface area contributed by atoms with E-state index in [4.69, 9.17) is 4.42 Å². The Morgan fingerprint density at radius 1 is 1.33 bits per heavy atom. The molecule has 0 radical (unpaired) electrons. The van der Waals surface area contributed by atoms with Crippen LogP contribution in [-0.4, -0.2) is 20.1 Å². The van der Waals surface area contributed by atoms with Gasteiger partial charge >= 0.3 is 0 Å². The molecule has 0 saturated carbocycles. The maximum Gasteiger partial charge on any atom is 0.299 e. The van der Waals surface area contributed by atoms with Gasteiger partial charge in [0.1, 0.15) is 0 Å². The van der Waals surface area contributed by atoms with Crippen LogP contribution in [0.4, 0.5) is 5.88 Å². The Labute approximate surface area is 92.5 Å². The number of likely N-dealkylation sites (tertiary alicyclic amines) is 1. The summed E-state index contributed by atoms with van der Waals surface area (Å²) in [5.74, 6) is 1.22. The molecule has 0 unspecified atom stereocenters. The van der Waals surface area contributed by atoms with E-state index in [9.17, 15) is 0 Å². The van der Waals surface area contributed by atoms with Gasteiger partial charge in [0.05, 0.1) is 32.0 Å². The maximum atomic E-state index is 5.72. The summed E-state index contributed by atoms with van der Waals surface area (Å²) in [5, 5.41) is 0.